The number of benzene rings is 2. The highest BCUT2D eigenvalue weighted by Crippen LogP contribution is 2.37. The first-order valence-corrected chi connectivity index (χ1v) is 12.8. The van der Waals surface area contributed by atoms with Crippen LogP contribution in [0.2, 0.25) is 0 Å². The Labute approximate surface area is 175 Å². The van der Waals surface area contributed by atoms with Crippen LogP contribution in [0, 0.1) is 0 Å². The van der Waals surface area contributed by atoms with Crippen LogP contribution in [0.3, 0.4) is 0 Å². The third-order valence-corrected chi connectivity index (χ3v) is 7.14. The van der Waals surface area contributed by atoms with E-state index in [9.17, 15) is 13.2 Å². The monoisotopic (exact) mass is 450 g/mol. The first kappa shape index (κ1) is 20.0. The Morgan fingerprint density at radius 3 is 2.72 bits per heavy atom. The molecular weight excluding hydrogens is 432 g/mol. The Hall–Kier alpha value is -2.30. The van der Waals surface area contributed by atoms with Crippen LogP contribution in [-0.4, -0.2) is 43.9 Å². The Bertz CT molecular complexity index is 1270. The van der Waals surface area contributed by atoms with Gasteiger partial charge in [-0.25, -0.2) is 8.42 Å². The molecule has 2 aromatic carbocycles. The zero-order valence-electron chi connectivity index (χ0n) is 15.7. The minimum atomic E-state index is -3.41. The maximum Gasteiger partial charge on any atom is 0.279 e. The molecule has 3 aromatic rings. The molecule has 0 radical (unpaired) electrons. The van der Waals surface area contributed by atoms with Gasteiger partial charge in [0.2, 0.25) is 6.79 Å². The largest absolute Gasteiger partial charge is 0.454 e. The lowest BCUT2D eigenvalue weighted by Gasteiger charge is -2.05. The Balaban J connectivity index is 1.82. The highest BCUT2D eigenvalue weighted by Gasteiger charge is 2.18. The molecule has 0 bridgehead atoms. The number of ether oxygens (including phenoxy) is 2. The van der Waals surface area contributed by atoms with Gasteiger partial charge in [0.15, 0.2) is 26.1 Å². The fourth-order valence-corrected chi connectivity index (χ4v) is 5.05. The zero-order valence-corrected chi connectivity index (χ0v) is 18.2. The zero-order chi connectivity index (χ0) is 20.6. The van der Waals surface area contributed by atoms with E-state index in [1.807, 2.05) is 23.0 Å². The topological polar surface area (TPSA) is 87.0 Å². The summed E-state index contributed by atoms with van der Waals surface area (Å²) in [4.78, 5) is 17.7. The van der Waals surface area contributed by atoms with Crippen LogP contribution in [-0.2, 0) is 16.4 Å². The molecule has 2 heterocycles. The molecule has 0 atom stereocenters. The summed E-state index contributed by atoms with van der Waals surface area (Å²) in [7, 11) is -3.41. The predicted octanol–water partition coefficient (Wildman–Crippen LogP) is 2.94. The van der Waals surface area contributed by atoms with Gasteiger partial charge < -0.3 is 14.0 Å². The fourth-order valence-electron chi connectivity index (χ4n) is 2.95. The maximum atomic E-state index is 12.8. The van der Waals surface area contributed by atoms with E-state index in [4.69, 9.17) is 9.47 Å². The van der Waals surface area contributed by atoms with Gasteiger partial charge in [-0.05, 0) is 24.5 Å². The molecule has 7 nitrogen and oxygen atoms in total. The first-order valence-electron chi connectivity index (χ1n) is 8.68. The van der Waals surface area contributed by atoms with E-state index in [2.05, 4.69) is 4.99 Å². The van der Waals surface area contributed by atoms with Gasteiger partial charge >= 0.3 is 0 Å². The predicted molar refractivity (Wildman–Crippen MR) is 114 cm³/mol. The number of fused-ring (bicyclic) bond motifs is 2. The molecule has 0 fully saturated rings. The second-order valence-electron chi connectivity index (χ2n) is 6.42. The van der Waals surface area contributed by atoms with Gasteiger partial charge in [0.05, 0.1) is 15.1 Å². The molecule has 0 unspecified atom stereocenters. The highest BCUT2D eigenvalue weighted by atomic mass is 32.2. The Kier molecular flexibility index (Phi) is 5.41. The van der Waals surface area contributed by atoms with E-state index in [0.717, 1.165) is 22.2 Å². The smallest absolute Gasteiger partial charge is 0.279 e. The van der Waals surface area contributed by atoms with Crippen molar-refractivity contribution in [1.29, 1.82) is 0 Å². The summed E-state index contributed by atoms with van der Waals surface area (Å²) < 4.78 is 37.4. The van der Waals surface area contributed by atoms with E-state index >= 15 is 0 Å². The molecule has 0 aliphatic carbocycles. The van der Waals surface area contributed by atoms with E-state index < -0.39 is 15.7 Å². The van der Waals surface area contributed by atoms with Crippen molar-refractivity contribution in [3.8, 4) is 11.5 Å². The van der Waals surface area contributed by atoms with Crippen LogP contribution in [0.5, 0.6) is 11.5 Å². The number of aromatic nitrogens is 1. The van der Waals surface area contributed by atoms with Crippen molar-refractivity contribution in [2.45, 2.75) is 11.4 Å². The SMILES string of the molecule is CSCCn1c(=NC(=O)c2cccc(S(C)(=O)=O)c2)sc2cc3c(cc21)OCO3. The second kappa shape index (κ2) is 7.85. The van der Waals surface area contributed by atoms with Gasteiger partial charge in [0, 0.05) is 36.2 Å². The van der Waals surface area contributed by atoms with E-state index in [1.165, 1.54) is 23.5 Å². The Morgan fingerprint density at radius 1 is 1.24 bits per heavy atom. The number of carbonyl (C=O) groups is 1. The molecule has 152 valence electrons. The summed E-state index contributed by atoms with van der Waals surface area (Å²) in [5.74, 6) is 1.71. The summed E-state index contributed by atoms with van der Waals surface area (Å²) in [6.45, 7) is 0.875. The molecule has 0 spiro atoms. The minimum Gasteiger partial charge on any atom is -0.454 e. The third kappa shape index (κ3) is 4.05. The van der Waals surface area contributed by atoms with Crippen molar-refractivity contribution in [3.05, 3.63) is 46.8 Å². The molecule has 0 saturated carbocycles. The van der Waals surface area contributed by atoms with Crippen molar-refractivity contribution in [2.75, 3.05) is 25.1 Å². The number of sulfone groups is 1. The second-order valence-corrected chi connectivity index (χ2v) is 10.4. The van der Waals surface area contributed by atoms with E-state index in [0.29, 0.717) is 22.8 Å². The standard InChI is InChI=1S/C19H18N2O5S3/c1-27-7-6-21-14-9-15-16(26-11-25-15)10-17(14)28-19(21)20-18(22)12-4-3-5-13(8-12)29(2,23)24/h3-5,8-10H,6-7,11H2,1-2H3. The van der Waals surface area contributed by atoms with Gasteiger partial charge in [-0.15, -0.1) is 0 Å². The van der Waals surface area contributed by atoms with Crippen LogP contribution >= 0.6 is 23.1 Å². The summed E-state index contributed by atoms with van der Waals surface area (Å²) in [6, 6.07) is 9.73. The van der Waals surface area contributed by atoms with Crippen LogP contribution in [0.4, 0.5) is 0 Å². The normalized spacial score (nSPS) is 13.9. The van der Waals surface area contributed by atoms with E-state index in [-0.39, 0.29) is 17.3 Å². The lowest BCUT2D eigenvalue weighted by molar-refractivity contribution is 0.0997. The molecule has 1 amide bonds. The number of rotatable bonds is 5. The number of aryl methyl sites for hydroxylation is 1. The van der Waals surface area contributed by atoms with Gasteiger partial charge in [0.1, 0.15) is 0 Å². The van der Waals surface area contributed by atoms with Crippen molar-refractivity contribution in [2.24, 2.45) is 4.99 Å². The molecule has 29 heavy (non-hydrogen) atoms. The number of amides is 1. The maximum absolute atomic E-state index is 12.8. The summed E-state index contributed by atoms with van der Waals surface area (Å²) in [5.41, 5.74) is 1.15. The van der Waals surface area contributed by atoms with Crippen LogP contribution in [0.15, 0.2) is 46.3 Å². The molecule has 1 aliphatic heterocycles. The molecule has 10 heteroatoms. The highest BCUT2D eigenvalue weighted by molar-refractivity contribution is 7.98. The molecule has 0 N–H and O–H groups in total. The molecular formula is C19H18N2O5S3. The van der Waals surface area contributed by atoms with E-state index in [1.54, 1.807) is 23.9 Å². The number of hydrogen-bond donors (Lipinski definition) is 0. The van der Waals surface area contributed by atoms with Crippen molar-refractivity contribution >= 4 is 49.1 Å². The molecule has 1 aromatic heterocycles. The van der Waals surface area contributed by atoms with Crippen LogP contribution < -0.4 is 14.3 Å². The van der Waals surface area contributed by atoms with Crippen molar-refractivity contribution in [3.63, 3.8) is 0 Å². The van der Waals surface area contributed by atoms with Crippen LogP contribution in [0.25, 0.3) is 10.2 Å². The van der Waals surface area contributed by atoms with Crippen molar-refractivity contribution < 1.29 is 22.7 Å². The number of hydrogen-bond acceptors (Lipinski definition) is 7. The fraction of sp³-hybridized carbons (Fsp3) is 0.263. The summed E-state index contributed by atoms with van der Waals surface area (Å²) in [6.07, 6.45) is 3.13. The first-order chi connectivity index (χ1) is 13.9. The Morgan fingerprint density at radius 2 is 2.00 bits per heavy atom. The van der Waals surface area contributed by atoms with Crippen molar-refractivity contribution in [1.82, 2.24) is 4.57 Å². The quantitative estimate of drug-likeness (QED) is 0.594. The summed E-state index contributed by atoms with van der Waals surface area (Å²) >= 11 is 3.08. The number of carbonyl (C=O) groups excluding carboxylic acids is 1. The molecule has 0 saturated heterocycles. The summed E-state index contributed by atoms with van der Waals surface area (Å²) in [5, 5.41) is 0. The molecule has 1 aliphatic rings. The van der Waals surface area contributed by atoms with Gasteiger partial charge in [-0.2, -0.15) is 16.8 Å². The van der Waals surface area contributed by atoms with Gasteiger partial charge in [-0.1, -0.05) is 17.4 Å². The lowest BCUT2D eigenvalue weighted by atomic mass is 10.2. The average molecular weight is 451 g/mol. The minimum absolute atomic E-state index is 0.0934. The number of thiazole rings is 1. The van der Waals surface area contributed by atoms with Crippen LogP contribution in [0.1, 0.15) is 10.4 Å². The number of thioether (sulfide) groups is 1. The van der Waals surface area contributed by atoms with Gasteiger partial charge in [-0.3, -0.25) is 4.79 Å². The lowest BCUT2D eigenvalue weighted by Crippen LogP contribution is -2.18. The molecule has 4 rings (SSSR count). The number of nitrogens with zero attached hydrogens (tertiary/aromatic N) is 2. The van der Waals surface area contributed by atoms with Gasteiger partial charge in [0.25, 0.3) is 5.91 Å². The average Bonchev–Trinajstić information content (AvgIpc) is 3.27. The third-order valence-electron chi connectivity index (χ3n) is 4.40.